The van der Waals surface area contributed by atoms with Crippen molar-refractivity contribution in [3.8, 4) is 11.5 Å². The molecule has 4 aromatic rings. The van der Waals surface area contributed by atoms with Crippen molar-refractivity contribution in [2.24, 2.45) is 5.10 Å². The molecule has 2 aromatic heterocycles. The molecule has 8 heteroatoms. The predicted molar refractivity (Wildman–Crippen MR) is 115 cm³/mol. The number of fused-ring (bicyclic) bond motifs is 1. The van der Waals surface area contributed by atoms with Gasteiger partial charge in [0.2, 0.25) is 0 Å². The predicted octanol–water partition coefficient (Wildman–Crippen LogP) is 3.66. The van der Waals surface area contributed by atoms with Crippen molar-refractivity contribution < 1.29 is 14.6 Å². The number of hydrogen-bond acceptors (Lipinski definition) is 6. The van der Waals surface area contributed by atoms with Gasteiger partial charge in [-0.05, 0) is 42.0 Å². The molecule has 2 N–H and O–H groups in total. The van der Waals surface area contributed by atoms with E-state index in [1.807, 2.05) is 24.3 Å². The topological polar surface area (TPSA) is 104 Å². The number of phenolic OH excluding ortho intramolecular Hbond substituents is 1. The van der Waals surface area contributed by atoms with Crippen molar-refractivity contribution in [1.82, 2.24) is 20.0 Å². The van der Waals surface area contributed by atoms with E-state index in [1.165, 1.54) is 12.1 Å². The van der Waals surface area contributed by atoms with E-state index in [0.29, 0.717) is 29.3 Å². The van der Waals surface area contributed by atoms with Gasteiger partial charge in [0, 0.05) is 24.4 Å². The van der Waals surface area contributed by atoms with Crippen LogP contribution in [0.15, 0.2) is 72.1 Å². The van der Waals surface area contributed by atoms with E-state index in [0.717, 1.165) is 16.6 Å². The van der Waals surface area contributed by atoms with Gasteiger partial charge in [0.15, 0.2) is 17.3 Å². The average Bonchev–Trinajstić information content (AvgIpc) is 3.44. The summed E-state index contributed by atoms with van der Waals surface area (Å²) in [6.45, 7) is 0. The summed E-state index contributed by atoms with van der Waals surface area (Å²) in [7, 11) is 1.49. The summed E-state index contributed by atoms with van der Waals surface area (Å²) < 4.78 is 5.26. The third kappa shape index (κ3) is 3.38. The molecule has 0 radical (unpaired) electrons. The Morgan fingerprint density at radius 1 is 1.16 bits per heavy atom. The van der Waals surface area contributed by atoms with Crippen LogP contribution in [-0.2, 0) is 0 Å². The number of pyridine rings is 1. The Hall–Kier alpha value is -4.20. The Morgan fingerprint density at radius 3 is 2.74 bits per heavy atom. The van der Waals surface area contributed by atoms with Crippen molar-refractivity contribution in [3.05, 3.63) is 83.9 Å². The highest BCUT2D eigenvalue weighted by Crippen LogP contribution is 2.37. The van der Waals surface area contributed by atoms with Crippen molar-refractivity contribution >= 4 is 22.7 Å². The van der Waals surface area contributed by atoms with Gasteiger partial charge >= 0.3 is 0 Å². The number of benzene rings is 2. The van der Waals surface area contributed by atoms with Gasteiger partial charge in [0.05, 0.1) is 24.2 Å². The second-order valence-electron chi connectivity index (χ2n) is 7.19. The van der Waals surface area contributed by atoms with Gasteiger partial charge in [-0.1, -0.05) is 18.2 Å². The maximum atomic E-state index is 13.3. The molecule has 8 nitrogen and oxygen atoms in total. The second-order valence-corrected chi connectivity index (χ2v) is 7.19. The van der Waals surface area contributed by atoms with E-state index in [2.05, 4.69) is 20.1 Å². The van der Waals surface area contributed by atoms with Crippen LogP contribution >= 0.6 is 0 Å². The molecule has 0 aliphatic carbocycles. The summed E-state index contributed by atoms with van der Waals surface area (Å²) in [5.74, 6) is 0.758. The van der Waals surface area contributed by atoms with Crippen LogP contribution < -0.4 is 4.74 Å². The van der Waals surface area contributed by atoms with E-state index in [1.54, 1.807) is 42.7 Å². The summed E-state index contributed by atoms with van der Waals surface area (Å²) in [6, 6.07) is 15.7. The lowest BCUT2D eigenvalue weighted by Gasteiger charge is -2.22. The van der Waals surface area contributed by atoms with Crippen LogP contribution in [0.2, 0.25) is 0 Å². The Kier molecular flexibility index (Phi) is 4.59. The first kappa shape index (κ1) is 18.8. The van der Waals surface area contributed by atoms with E-state index < -0.39 is 0 Å². The van der Waals surface area contributed by atoms with Gasteiger partial charge in [-0.15, -0.1) is 0 Å². The maximum absolute atomic E-state index is 13.3. The highest BCUT2D eigenvalue weighted by atomic mass is 16.5. The highest BCUT2D eigenvalue weighted by Gasteiger charge is 2.35. The van der Waals surface area contributed by atoms with E-state index in [-0.39, 0.29) is 17.7 Å². The van der Waals surface area contributed by atoms with Crippen LogP contribution in [0.4, 0.5) is 0 Å². The number of hydrazone groups is 1. The minimum atomic E-state index is -0.377. The first-order valence-electron chi connectivity index (χ1n) is 9.77. The number of nitrogens with one attached hydrogen (secondary N) is 1. The molecule has 1 aliphatic rings. The summed E-state index contributed by atoms with van der Waals surface area (Å²) in [4.78, 5) is 25.2. The second kappa shape index (κ2) is 7.56. The van der Waals surface area contributed by atoms with Crippen LogP contribution in [-0.4, -0.2) is 43.8 Å². The summed E-state index contributed by atoms with van der Waals surface area (Å²) in [5, 5.41) is 16.1. The Morgan fingerprint density at radius 2 is 1.97 bits per heavy atom. The zero-order valence-electron chi connectivity index (χ0n) is 16.7. The molecule has 0 saturated carbocycles. The first-order chi connectivity index (χ1) is 15.1. The number of imidazole rings is 1. The molecule has 1 aliphatic heterocycles. The fourth-order valence-electron chi connectivity index (χ4n) is 3.72. The van der Waals surface area contributed by atoms with Crippen LogP contribution in [0.5, 0.6) is 11.5 Å². The molecule has 0 saturated heterocycles. The minimum absolute atomic E-state index is 0.0367. The Labute approximate surface area is 177 Å². The standard InChI is InChI=1S/C23H19N5O3/c1-31-21-12-15(6-7-20(21)29)19-13-18(22-25-16-4-2-3-5-17(16)26-22)27-28(19)23(30)14-8-10-24-11-9-14/h2-12,19,29H,13H2,1H3,(H,25,26). The Balaban J connectivity index is 1.57. The number of aromatic nitrogens is 3. The van der Waals surface area contributed by atoms with Gasteiger partial charge in [-0.25, -0.2) is 9.99 Å². The number of aromatic hydroxyl groups is 1. The van der Waals surface area contributed by atoms with E-state index in [9.17, 15) is 9.90 Å². The van der Waals surface area contributed by atoms with Gasteiger partial charge in [0.25, 0.3) is 5.91 Å². The van der Waals surface area contributed by atoms with Crippen LogP contribution in [0, 0.1) is 0 Å². The third-order valence-electron chi connectivity index (χ3n) is 5.30. The number of hydrogen-bond donors (Lipinski definition) is 2. The molecule has 0 bridgehead atoms. The van der Waals surface area contributed by atoms with Crippen molar-refractivity contribution in [2.75, 3.05) is 7.11 Å². The van der Waals surface area contributed by atoms with Gasteiger partial charge in [0.1, 0.15) is 5.71 Å². The number of nitrogens with zero attached hydrogens (tertiary/aromatic N) is 4. The smallest absolute Gasteiger partial charge is 0.274 e. The zero-order valence-corrected chi connectivity index (χ0v) is 16.7. The number of phenols is 1. The lowest BCUT2D eigenvalue weighted by Crippen LogP contribution is -2.27. The number of carbonyl (C=O) groups is 1. The molecule has 154 valence electrons. The lowest BCUT2D eigenvalue weighted by molar-refractivity contribution is 0.0711. The highest BCUT2D eigenvalue weighted by molar-refractivity contribution is 6.04. The number of para-hydroxylation sites is 2. The third-order valence-corrected chi connectivity index (χ3v) is 5.30. The van der Waals surface area contributed by atoms with Crippen molar-refractivity contribution in [3.63, 3.8) is 0 Å². The molecular weight excluding hydrogens is 394 g/mol. The molecule has 1 atom stereocenters. The molecular formula is C23H19N5O3. The van der Waals surface area contributed by atoms with Crippen molar-refractivity contribution in [1.29, 1.82) is 0 Å². The molecule has 0 spiro atoms. The minimum Gasteiger partial charge on any atom is -0.504 e. The lowest BCUT2D eigenvalue weighted by atomic mass is 10.0. The number of ether oxygens (including phenoxy) is 1. The average molecular weight is 413 g/mol. The summed E-state index contributed by atoms with van der Waals surface area (Å²) >= 11 is 0. The molecule has 31 heavy (non-hydrogen) atoms. The molecule has 5 rings (SSSR count). The largest absolute Gasteiger partial charge is 0.504 e. The van der Waals surface area contributed by atoms with E-state index >= 15 is 0 Å². The number of amides is 1. The zero-order chi connectivity index (χ0) is 21.4. The molecule has 2 aromatic carbocycles. The van der Waals surface area contributed by atoms with E-state index in [4.69, 9.17) is 4.74 Å². The molecule has 3 heterocycles. The number of rotatable bonds is 4. The summed E-state index contributed by atoms with van der Waals surface area (Å²) in [5.41, 5.74) is 3.70. The SMILES string of the molecule is COc1cc(C2CC(c3nc4ccccc4[nH]3)=NN2C(=O)c2ccncc2)ccc1O. The number of aromatic amines is 1. The normalized spacial score (nSPS) is 15.8. The fraction of sp³-hybridized carbons (Fsp3) is 0.130. The maximum Gasteiger partial charge on any atom is 0.274 e. The number of carbonyl (C=O) groups excluding carboxylic acids is 1. The summed E-state index contributed by atoms with van der Waals surface area (Å²) in [6.07, 6.45) is 3.61. The van der Waals surface area contributed by atoms with Gasteiger partial charge in [-0.3, -0.25) is 9.78 Å². The number of methoxy groups -OCH3 is 1. The molecule has 1 amide bonds. The molecule has 0 fully saturated rings. The Bertz CT molecular complexity index is 1270. The van der Waals surface area contributed by atoms with Gasteiger partial charge in [-0.2, -0.15) is 5.10 Å². The van der Waals surface area contributed by atoms with Crippen LogP contribution in [0.1, 0.15) is 34.2 Å². The first-order valence-corrected chi connectivity index (χ1v) is 9.77. The van der Waals surface area contributed by atoms with Crippen molar-refractivity contribution in [2.45, 2.75) is 12.5 Å². The monoisotopic (exact) mass is 413 g/mol. The molecule has 1 unspecified atom stereocenters. The number of H-pyrrole nitrogens is 1. The van der Waals surface area contributed by atoms with Crippen LogP contribution in [0.3, 0.4) is 0 Å². The van der Waals surface area contributed by atoms with Gasteiger partial charge < -0.3 is 14.8 Å². The quantitative estimate of drug-likeness (QED) is 0.531. The fourth-order valence-corrected chi connectivity index (χ4v) is 3.72. The van der Waals surface area contributed by atoms with Crippen LogP contribution in [0.25, 0.3) is 11.0 Å².